The number of fused-ring (bicyclic) bond motifs is 1. The minimum atomic E-state index is 0.304. The zero-order chi connectivity index (χ0) is 12.5. The average Bonchev–Trinajstić information content (AvgIpc) is 2.55. The van der Waals surface area contributed by atoms with Crippen LogP contribution < -0.4 is 5.73 Å². The van der Waals surface area contributed by atoms with Crippen LogP contribution in [0.1, 0.15) is 39.2 Å². The molecule has 1 aliphatic rings. The van der Waals surface area contributed by atoms with Crippen molar-refractivity contribution < 1.29 is 0 Å². The first-order valence-electron chi connectivity index (χ1n) is 6.46. The largest absolute Gasteiger partial charge is 0.328 e. The van der Waals surface area contributed by atoms with E-state index in [1.807, 2.05) is 11.8 Å². The van der Waals surface area contributed by atoms with Gasteiger partial charge in [-0.25, -0.2) is 0 Å². The first kappa shape index (κ1) is 13.0. The van der Waals surface area contributed by atoms with Crippen LogP contribution in [0.4, 0.5) is 0 Å². The Kier molecular flexibility index (Phi) is 3.84. The molecule has 0 saturated carbocycles. The fourth-order valence-corrected chi connectivity index (χ4v) is 4.56. The second-order valence-electron chi connectivity index (χ2n) is 6.10. The maximum absolute atomic E-state index is 5.93. The SMILES string of the molecule is CC(N)CC(C)(C)CC1Cc2ccccc2S1. The van der Waals surface area contributed by atoms with Crippen LogP contribution in [0.15, 0.2) is 29.2 Å². The maximum Gasteiger partial charge on any atom is 0.0140 e. The summed E-state index contributed by atoms with van der Waals surface area (Å²) in [6, 6.07) is 9.11. The first-order chi connectivity index (χ1) is 7.96. The Morgan fingerprint density at radius 3 is 2.76 bits per heavy atom. The lowest BCUT2D eigenvalue weighted by Gasteiger charge is -2.29. The molecule has 2 rings (SSSR count). The summed E-state index contributed by atoms with van der Waals surface area (Å²) in [4.78, 5) is 1.48. The molecule has 0 radical (unpaired) electrons. The first-order valence-corrected chi connectivity index (χ1v) is 7.34. The highest BCUT2D eigenvalue weighted by Crippen LogP contribution is 2.43. The topological polar surface area (TPSA) is 26.0 Å². The number of nitrogens with two attached hydrogens (primary N) is 1. The molecule has 0 bridgehead atoms. The monoisotopic (exact) mass is 249 g/mol. The highest BCUT2D eigenvalue weighted by Gasteiger charge is 2.29. The molecule has 17 heavy (non-hydrogen) atoms. The number of benzene rings is 1. The molecule has 1 aromatic carbocycles. The van der Waals surface area contributed by atoms with E-state index in [0.29, 0.717) is 11.5 Å². The summed E-state index contributed by atoms with van der Waals surface area (Å²) in [5, 5.41) is 0.737. The van der Waals surface area contributed by atoms with Gasteiger partial charge in [0.25, 0.3) is 0 Å². The lowest BCUT2D eigenvalue weighted by Crippen LogP contribution is -2.27. The van der Waals surface area contributed by atoms with Gasteiger partial charge >= 0.3 is 0 Å². The van der Waals surface area contributed by atoms with E-state index < -0.39 is 0 Å². The normalized spacial score (nSPS) is 21.3. The van der Waals surface area contributed by atoms with Gasteiger partial charge in [0.15, 0.2) is 0 Å². The third kappa shape index (κ3) is 3.49. The van der Waals surface area contributed by atoms with Crippen molar-refractivity contribution in [3.05, 3.63) is 29.8 Å². The Hall–Kier alpha value is -0.470. The molecule has 2 N–H and O–H groups in total. The molecule has 2 atom stereocenters. The van der Waals surface area contributed by atoms with Crippen molar-refractivity contribution in [2.24, 2.45) is 11.1 Å². The molecule has 0 spiro atoms. The molecule has 1 aromatic rings. The summed E-state index contributed by atoms with van der Waals surface area (Å²) in [7, 11) is 0. The maximum atomic E-state index is 5.93. The molecule has 0 fully saturated rings. The number of thioether (sulfide) groups is 1. The minimum absolute atomic E-state index is 0.304. The standard InChI is InChI=1S/C15H23NS/c1-11(16)9-15(2,3)10-13-8-12-6-4-5-7-14(12)17-13/h4-7,11,13H,8-10,16H2,1-3H3. The van der Waals surface area contributed by atoms with Crippen molar-refractivity contribution >= 4 is 11.8 Å². The second-order valence-corrected chi connectivity index (χ2v) is 7.44. The summed E-state index contributed by atoms with van der Waals surface area (Å²) < 4.78 is 0. The molecule has 1 aliphatic heterocycles. The van der Waals surface area contributed by atoms with Crippen molar-refractivity contribution in [1.82, 2.24) is 0 Å². The molecular weight excluding hydrogens is 226 g/mol. The zero-order valence-corrected chi connectivity index (χ0v) is 11.9. The van der Waals surface area contributed by atoms with Crippen LogP contribution in [0, 0.1) is 5.41 Å². The number of hydrogen-bond acceptors (Lipinski definition) is 2. The second kappa shape index (κ2) is 5.03. The van der Waals surface area contributed by atoms with Crippen molar-refractivity contribution in [3.8, 4) is 0 Å². The Morgan fingerprint density at radius 1 is 1.41 bits per heavy atom. The van der Waals surface area contributed by atoms with Crippen LogP contribution >= 0.6 is 11.8 Å². The average molecular weight is 249 g/mol. The Morgan fingerprint density at radius 2 is 2.12 bits per heavy atom. The van der Waals surface area contributed by atoms with E-state index in [2.05, 4.69) is 45.0 Å². The van der Waals surface area contributed by atoms with Crippen molar-refractivity contribution in [2.45, 2.75) is 56.2 Å². The van der Waals surface area contributed by atoms with Gasteiger partial charge in [0.05, 0.1) is 0 Å². The van der Waals surface area contributed by atoms with Crippen LogP contribution in [-0.4, -0.2) is 11.3 Å². The van der Waals surface area contributed by atoms with E-state index in [1.54, 1.807) is 0 Å². The highest BCUT2D eigenvalue weighted by molar-refractivity contribution is 8.00. The van der Waals surface area contributed by atoms with E-state index in [1.165, 1.54) is 23.3 Å². The van der Waals surface area contributed by atoms with Crippen LogP contribution in [0.2, 0.25) is 0 Å². The predicted octanol–water partition coefficient (Wildman–Crippen LogP) is 3.86. The highest BCUT2D eigenvalue weighted by atomic mass is 32.2. The number of rotatable bonds is 4. The molecule has 0 amide bonds. The molecule has 0 saturated heterocycles. The van der Waals surface area contributed by atoms with Crippen molar-refractivity contribution in [2.75, 3.05) is 0 Å². The number of hydrogen-bond donors (Lipinski definition) is 1. The Bertz CT molecular complexity index is 359. The Labute approximate surface area is 109 Å². The van der Waals surface area contributed by atoms with E-state index in [0.717, 1.165) is 11.7 Å². The molecule has 2 unspecified atom stereocenters. The van der Waals surface area contributed by atoms with Gasteiger partial charge in [-0.1, -0.05) is 32.0 Å². The van der Waals surface area contributed by atoms with E-state index >= 15 is 0 Å². The van der Waals surface area contributed by atoms with Crippen molar-refractivity contribution in [1.29, 1.82) is 0 Å². The molecule has 2 heteroatoms. The summed E-state index contributed by atoms with van der Waals surface area (Å²) in [5.41, 5.74) is 7.81. The van der Waals surface area contributed by atoms with Gasteiger partial charge in [-0.3, -0.25) is 0 Å². The third-order valence-corrected chi connectivity index (χ3v) is 4.69. The molecular formula is C15H23NS. The van der Waals surface area contributed by atoms with Crippen LogP contribution in [0.3, 0.4) is 0 Å². The van der Waals surface area contributed by atoms with Gasteiger partial charge in [0.2, 0.25) is 0 Å². The van der Waals surface area contributed by atoms with E-state index in [4.69, 9.17) is 5.73 Å². The summed E-state index contributed by atoms with van der Waals surface area (Å²) >= 11 is 2.05. The third-order valence-electron chi connectivity index (χ3n) is 3.37. The van der Waals surface area contributed by atoms with Gasteiger partial charge in [-0.15, -0.1) is 11.8 Å². The predicted molar refractivity (Wildman–Crippen MR) is 76.5 cm³/mol. The lowest BCUT2D eigenvalue weighted by molar-refractivity contribution is 0.285. The quantitative estimate of drug-likeness (QED) is 0.877. The van der Waals surface area contributed by atoms with Gasteiger partial charge in [0.1, 0.15) is 0 Å². The molecule has 94 valence electrons. The summed E-state index contributed by atoms with van der Waals surface area (Å²) in [6.45, 7) is 6.80. The molecule has 1 heterocycles. The van der Waals surface area contributed by atoms with Gasteiger partial charge < -0.3 is 5.73 Å². The van der Waals surface area contributed by atoms with Crippen molar-refractivity contribution in [3.63, 3.8) is 0 Å². The van der Waals surface area contributed by atoms with Crippen LogP contribution in [-0.2, 0) is 6.42 Å². The van der Waals surface area contributed by atoms with Gasteiger partial charge in [-0.05, 0) is 43.2 Å². The molecule has 0 aliphatic carbocycles. The minimum Gasteiger partial charge on any atom is -0.328 e. The smallest absolute Gasteiger partial charge is 0.0140 e. The molecule has 1 nitrogen and oxygen atoms in total. The Balaban J connectivity index is 1.95. The fourth-order valence-electron chi connectivity index (χ4n) is 2.94. The lowest BCUT2D eigenvalue weighted by atomic mass is 9.81. The van der Waals surface area contributed by atoms with Gasteiger partial charge in [0, 0.05) is 16.2 Å². The van der Waals surface area contributed by atoms with E-state index in [-0.39, 0.29) is 0 Å². The van der Waals surface area contributed by atoms with Gasteiger partial charge in [-0.2, -0.15) is 0 Å². The summed E-state index contributed by atoms with van der Waals surface area (Å²) in [6.07, 6.45) is 3.59. The fraction of sp³-hybridized carbons (Fsp3) is 0.600. The molecule has 0 aromatic heterocycles. The van der Waals surface area contributed by atoms with Crippen LogP contribution in [0.25, 0.3) is 0 Å². The zero-order valence-electron chi connectivity index (χ0n) is 11.1. The summed E-state index contributed by atoms with van der Waals surface area (Å²) in [5.74, 6) is 0. The van der Waals surface area contributed by atoms with E-state index in [9.17, 15) is 0 Å². The van der Waals surface area contributed by atoms with Crippen LogP contribution in [0.5, 0.6) is 0 Å².